The third-order valence-electron chi connectivity index (χ3n) is 3.57. The molecule has 2 heterocycles. The van der Waals surface area contributed by atoms with E-state index in [2.05, 4.69) is 15.6 Å². The van der Waals surface area contributed by atoms with Gasteiger partial charge in [-0.15, -0.1) is 0 Å². The molecule has 0 bridgehead atoms. The van der Waals surface area contributed by atoms with Gasteiger partial charge in [0.1, 0.15) is 5.52 Å². The van der Waals surface area contributed by atoms with E-state index in [0.717, 1.165) is 12.1 Å². The number of piperidine rings is 1. The number of rotatable bonds is 3. The molecule has 2 N–H and O–H groups in total. The van der Waals surface area contributed by atoms with E-state index in [9.17, 15) is 14.9 Å². The van der Waals surface area contributed by atoms with E-state index in [1.165, 1.54) is 6.07 Å². The van der Waals surface area contributed by atoms with Gasteiger partial charge in [0.15, 0.2) is 0 Å². The molecule has 1 saturated heterocycles. The molecule has 0 aliphatic carbocycles. The molecule has 0 spiro atoms. The standard InChI is InChI=1S/C14H14N4O3/c19-13-6-3-9(8-16-13)17-11-4-5-12(18(20)21)14-10(11)2-1-7-15-14/h1-2,4-5,7,9,17H,3,6,8H2,(H,16,19). The Balaban J connectivity index is 1.94. The molecule has 1 aliphatic rings. The third-order valence-corrected chi connectivity index (χ3v) is 3.57. The molecular weight excluding hydrogens is 272 g/mol. The fraction of sp³-hybridized carbons (Fsp3) is 0.286. The van der Waals surface area contributed by atoms with Gasteiger partial charge in [-0.25, -0.2) is 4.98 Å². The number of nitro benzene ring substituents is 1. The molecule has 2 aromatic rings. The first-order valence-corrected chi connectivity index (χ1v) is 6.70. The Hall–Kier alpha value is -2.70. The molecule has 1 unspecified atom stereocenters. The number of nitro groups is 1. The smallest absolute Gasteiger partial charge is 0.295 e. The normalized spacial score (nSPS) is 18.3. The summed E-state index contributed by atoms with van der Waals surface area (Å²) < 4.78 is 0. The van der Waals surface area contributed by atoms with E-state index < -0.39 is 4.92 Å². The van der Waals surface area contributed by atoms with Crippen molar-refractivity contribution in [1.82, 2.24) is 10.3 Å². The number of anilines is 1. The molecule has 0 radical (unpaired) electrons. The molecule has 1 amide bonds. The summed E-state index contributed by atoms with van der Waals surface area (Å²) in [6, 6.07) is 6.82. The molecule has 1 atom stereocenters. The number of nitrogens with one attached hydrogen (secondary N) is 2. The summed E-state index contributed by atoms with van der Waals surface area (Å²) in [6.07, 6.45) is 2.77. The maximum atomic E-state index is 11.2. The van der Waals surface area contributed by atoms with Crippen LogP contribution in [0.25, 0.3) is 10.9 Å². The molecule has 7 nitrogen and oxygen atoms in total. The van der Waals surface area contributed by atoms with Crippen LogP contribution >= 0.6 is 0 Å². The average Bonchev–Trinajstić information content (AvgIpc) is 2.49. The predicted molar refractivity (Wildman–Crippen MR) is 78.1 cm³/mol. The number of non-ortho nitro benzene ring substituents is 1. The number of fused-ring (bicyclic) bond motifs is 1. The van der Waals surface area contributed by atoms with Crippen LogP contribution in [0.5, 0.6) is 0 Å². The fourth-order valence-corrected chi connectivity index (χ4v) is 2.51. The quantitative estimate of drug-likeness (QED) is 0.662. The van der Waals surface area contributed by atoms with E-state index in [1.807, 2.05) is 0 Å². The maximum absolute atomic E-state index is 11.2. The molecule has 3 rings (SSSR count). The number of carbonyl (C=O) groups is 1. The van der Waals surface area contributed by atoms with Crippen LogP contribution in [0.1, 0.15) is 12.8 Å². The zero-order valence-corrected chi connectivity index (χ0v) is 11.2. The first kappa shape index (κ1) is 13.3. The summed E-state index contributed by atoms with van der Waals surface area (Å²) in [7, 11) is 0. The summed E-state index contributed by atoms with van der Waals surface area (Å²) in [5.41, 5.74) is 1.16. The third kappa shape index (κ3) is 2.62. The second kappa shape index (κ2) is 5.35. The summed E-state index contributed by atoms with van der Waals surface area (Å²) in [5.74, 6) is 0.0586. The molecule has 108 valence electrons. The van der Waals surface area contributed by atoms with E-state index >= 15 is 0 Å². The lowest BCUT2D eigenvalue weighted by Crippen LogP contribution is -2.41. The summed E-state index contributed by atoms with van der Waals surface area (Å²) >= 11 is 0. The summed E-state index contributed by atoms with van der Waals surface area (Å²) in [6.45, 7) is 0.553. The first-order valence-electron chi connectivity index (χ1n) is 6.70. The van der Waals surface area contributed by atoms with Crippen LogP contribution in [0.2, 0.25) is 0 Å². The van der Waals surface area contributed by atoms with E-state index in [-0.39, 0.29) is 17.6 Å². The van der Waals surface area contributed by atoms with Crippen molar-refractivity contribution in [1.29, 1.82) is 0 Å². The highest BCUT2D eigenvalue weighted by Crippen LogP contribution is 2.30. The maximum Gasteiger partial charge on any atom is 0.295 e. The zero-order chi connectivity index (χ0) is 14.8. The Kier molecular flexibility index (Phi) is 3.39. The number of hydrogen-bond acceptors (Lipinski definition) is 5. The van der Waals surface area contributed by atoms with Gasteiger partial charge in [0, 0.05) is 42.3 Å². The minimum absolute atomic E-state index is 0.00639. The van der Waals surface area contributed by atoms with Gasteiger partial charge in [-0.2, -0.15) is 0 Å². The van der Waals surface area contributed by atoms with Crippen molar-refractivity contribution in [2.45, 2.75) is 18.9 Å². The Morgan fingerprint density at radius 3 is 2.95 bits per heavy atom. The van der Waals surface area contributed by atoms with Crippen LogP contribution in [0.4, 0.5) is 11.4 Å². The zero-order valence-electron chi connectivity index (χ0n) is 11.2. The lowest BCUT2D eigenvalue weighted by atomic mass is 10.1. The van der Waals surface area contributed by atoms with Crippen LogP contribution in [-0.4, -0.2) is 28.4 Å². The monoisotopic (exact) mass is 286 g/mol. The second-order valence-corrected chi connectivity index (χ2v) is 4.97. The van der Waals surface area contributed by atoms with E-state index in [0.29, 0.717) is 23.9 Å². The lowest BCUT2D eigenvalue weighted by Gasteiger charge is -2.25. The van der Waals surface area contributed by atoms with Crippen LogP contribution in [-0.2, 0) is 4.79 Å². The number of aromatic nitrogens is 1. The van der Waals surface area contributed by atoms with E-state index in [4.69, 9.17) is 0 Å². The molecule has 1 aromatic heterocycles. The van der Waals surface area contributed by atoms with Crippen molar-refractivity contribution in [2.24, 2.45) is 0 Å². The van der Waals surface area contributed by atoms with Gasteiger partial charge in [0.2, 0.25) is 5.91 Å². The molecule has 7 heteroatoms. The van der Waals surface area contributed by atoms with Crippen LogP contribution in [0.3, 0.4) is 0 Å². The van der Waals surface area contributed by atoms with Crippen molar-refractivity contribution >= 4 is 28.2 Å². The highest BCUT2D eigenvalue weighted by atomic mass is 16.6. The fourth-order valence-electron chi connectivity index (χ4n) is 2.51. The number of hydrogen-bond donors (Lipinski definition) is 2. The Labute approximate surface area is 120 Å². The second-order valence-electron chi connectivity index (χ2n) is 4.97. The molecular formula is C14H14N4O3. The van der Waals surface area contributed by atoms with Gasteiger partial charge in [0.05, 0.1) is 4.92 Å². The number of amides is 1. The van der Waals surface area contributed by atoms with E-state index in [1.54, 1.807) is 24.4 Å². The van der Waals surface area contributed by atoms with Crippen LogP contribution in [0.15, 0.2) is 30.5 Å². The highest BCUT2D eigenvalue weighted by Gasteiger charge is 2.20. The van der Waals surface area contributed by atoms with Crippen molar-refractivity contribution in [3.8, 4) is 0 Å². The van der Waals surface area contributed by atoms with Gasteiger partial charge >= 0.3 is 0 Å². The first-order chi connectivity index (χ1) is 10.1. The summed E-state index contributed by atoms with van der Waals surface area (Å²) in [5, 5.41) is 17.9. The van der Waals surface area contributed by atoms with Crippen molar-refractivity contribution in [3.05, 3.63) is 40.6 Å². The average molecular weight is 286 g/mol. The molecule has 1 aliphatic heterocycles. The van der Waals surface area contributed by atoms with Crippen molar-refractivity contribution < 1.29 is 9.72 Å². The minimum Gasteiger partial charge on any atom is -0.380 e. The van der Waals surface area contributed by atoms with Gasteiger partial charge in [-0.3, -0.25) is 14.9 Å². The van der Waals surface area contributed by atoms with Gasteiger partial charge < -0.3 is 10.6 Å². The number of benzene rings is 1. The Bertz CT molecular complexity index is 706. The minimum atomic E-state index is -0.431. The lowest BCUT2D eigenvalue weighted by molar-refractivity contribution is -0.383. The molecule has 1 aromatic carbocycles. The van der Waals surface area contributed by atoms with Gasteiger partial charge in [-0.05, 0) is 24.6 Å². The van der Waals surface area contributed by atoms with Crippen molar-refractivity contribution in [2.75, 3.05) is 11.9 Å². The SMILES string of the molecule is O=C1CCC(Nc2ccc([N+](=O)[O-])c3ncccc23)CN1. The van der Waals surface area contributed by atoms with Crippen LogP contribution < -0.4 is 10.6 Å². The predicted octanol–water partition coefficient (Wildman–Crippen LogP) is 1.83. The molecule has 21 heavy (non-hydrogen) atoms. The summed E-state index contributed by atoms with van der Waals surface area (Å²) in [4.78, 5) is 25.9. The topological polar surface area (TPSA) is 97.2 Å². The Morgan fingerprint density at radius 1 is 1.38 bits per heavy atom. The molecule has 1 fully saturated rings. The number of nitrogens with zero attached hydrogens (tertiary/aromatic N) is 2. The largest absolute Gasteiger partial charge is 0.380 e. The highest BCUT2D eigenvalue weighted by molar-refractivity contribution is 5.97. The van der Waals surface area contributed by atoms with Crippen molar-refractivity contribution in [3.63, 3.8) is 0 Å². The van der Waals surface area contributed by atoms with Crippen LogP contribution in [0, 0.1) is 10.1 Å². The van der Waals surface area contributed by atoms with Gasteiger partial charge in [0.25, 0.3) is 5.69 Å². The number of pyridine rings is 1. The number of carbonyl (C=O) groups excluding carboxylic acids is 1. The Morgan fingerprint density at radius 2 is 2.24 bits per heavy atom. The molecule has 0 saturated carbocycles. The van der Waals surface area contributed by atoms with Gasteiger partial charge in [-0.1, -0.05) is 0 Å².